The van der Waals surface area contributed by atoms with Gasteiger partial charge in [-0.2, -0.15) is 0 Å². The van der Waals surface area contributed by atoms with Crippen molar-refractivity contribution in [3.05, 3.63) is 29.8 Å². The van der Waals surface area contributed by atoms with Gasteiger partial charge in [0.05, 0.1) is 7.11 Å². The Morgan fingerprint density at radius 1 is 1.24 bits per heavy atom. The van der Waals surface area contributed by atoms with E-state index in [0.29, 0.717) is 18.0 Å². The Balaban J connectivity index is 1.66. The van der Waals surface area contributed by atoms with Gasteiger partial charge in [-0.3, -0.25) is 0 Å². The summed E-state index contributed by atoms with van der Waals surface area (Å²) < 4.78 is 5.31. The van der Waals surface area contributed by atoms with Crippen molar-refractivity contribution in [2.75, 3.05) is 7.11 Å². The molecule has 1 unspecified atom stereocenters. The van der Waals surface area contributed by atoms with E-state index in [1.54, 1.807) is 7.11 Å². The Labute approximate surface area is 130 Å². The number of hydrogen-bond acceptors (Lipinski definition) is 2. The molecule has 0 heterocycles. The van der Waals surface area contributed by atoms with Crippen LogP contribution in [-0.2, 0) is 0 Å². The van der Waals surface area contributed by atoms with Crippen molar-refractivity contribution in [3.8, 4) is 5.75 Å². The third-order valence-electron chi connectivity index (χ3n) is 4.71. The van der Waals surface area contributed by atoms with Crippen LogP contribution in [0.15, 0.2) is 24.3 Å². The Kier molecular flexibility index (Phi) is 6.56. The minimum absolute atomic E-state index is 0.665. The average Bonchev–Trinajstić information content (AvgIpc) is 2.47. The van der Waals surface area contributed by atoms with Crippen LogP contribution in [0.4, 0.5) is 0 Å². The van der Waals surface area contributed by atoms with E-state index < -0.39 is 0 Å². The lowest BCUT2D eigenvalue weighted by Gasteiger charge is -2.38. The van der Waals surface area contributed by atoms with Crippen LogP contribution in [0.5, 0.6) is 5.75 Å². The van der Waals surface area contributed by atoms with Crippen molar-refractivity contribution < 1.29 is 4.74 Å². The van der Waals surface area contributed by atoms with Gasteiger partial charge in [0.15, 0.2) is 0 Å². The third-order valence-corrected chi connectivity index (χ3v) is 4.71. The van der Waals surface area contributed by atoms with Gasteiger partial charge in [-0.25, -0.2) is 0 Å². The van der Waals surface area contributed by atoms with Crippen LogP contribution in [0.3, 0.4) is 0 Å². The highest BCUT2D eigenvalue weighted by atomic mass is 16.5. The molecule has 1 aliphatic carbocycles. The number of ether oxygens (including phenoxy) is 1. The van der Waals surface area contributed by atoms with Gasteiger partial charge in [0.25, 0.3) is 0 Å². The molecule has 1 atom stereocenters. The van der Waals surface area contributed by atoms with Gasteiger partial charge in [0.2, 0.25) is 0 Å². The Morgan fingerprint density at radius 3 is 2.76 bits per heavy atom. The molecule has 21 heavy (non-hydrogen) atoms. The molecule has 0 aromatic heterocycles. The fraction of sp³-hybridized carbons (Fsp3) is 0.684. The lowest BCUT2D eigenvalue weighted by atomic mass is 9.75. The van der Waals surface area contributed by atoms with Gasteiger partial charge in [-0.05, 0) is 49.8 Å². The summed E-state index contributed by atoms with van der Waals surface area (Å²) in [6.45, 7) is 4.61. The van der Waals surface area contributed by atoms with Gasteiger partial charge in [0.1, 0.15) is 5.75 Å². The maximum Gasteiger partial charge on any atom is 0.119 e. The van der Waals surface area contributed by atoms with Crippen LogP contribution in [0.25, 0.3) is 0 Å². The molecular weight excluding hydrogens is 258 g/mol. The molecule has 1 aliphatic rings. The smallest absolute Gasteiger partial charge is 0.119 e. The summed E-state index contributed by atoms with van der Waals surface area (Å²) in [6, 6.07) is 9.93. The van der Waals surface area contributed by atoms with Gasteiger partial charge in [0, 0.05) is 12.1 Å². The first-order chi connectivity index (χ1) is 10.2. The second-order valence-electron chi connectivity index (χ2n) is 6.56. The molecule has 2 nitrogen and oxygen atoms in total. The van der Waals surface area contributed by atoms with Gasteiger partial charge < -0.3 is 10.1 Å². The molecule has 1 aromatic carbocycles. The number of nitrogens with one attached hydrogen (secondary N) is 1. The van der Waals surface area contributed by atoms with Crippen LogP contribution < -0.4 is 10.1 Å². The molecule has 0 bridgehead atoms. The van der Waals surface area contributed by atoms with Crippen LogP contribution in [0.1, 0.15) is 70.3 Å². The number of unbranched alkanes of at least 4 members (excludes halogenated alkanes) is 3. The lowest BCUT2D eigenvalue weighted by Crippen LogP contribution is -2.44. The zero-order chi connectivity index (χ0) is 15.1. The van der Waals surface area contributed by atoms with Crippen LogP contribution in [-0.4, -0.2) is 19.2 Å². The van der Waals surface area contributed by atoms with Crippen molar-refractivity contribution in [1.29, 1.82) is 0 Å². The van der Waals surface area contributed by atoms with Crippen LogP contribution in [0, 0.1) is 0 Å². The number of hydrogen-bond donors (Lipinski definition) is 1. The molecule has 0 spiro atoms. The van der Waals surface area contributed by atoms with Crippen molar-refractivity contribution in [1.82, 2.24) is 5.32 Å². The minimum atomic E-state index is 0.665. The molecule has 0 amide bonds. The standard InChI is InChI=1S/C19H31NO/c1-4-5-6-7-9-15(2)20-18-12-17(13-18)16-10-8-11-19(14-16)21-3/h8,10-11,14-15,17-18,20H,4-7,9,12-13H2,1-3H3. The molecule has 2 rings (SSSR count). The summed E-state index contributed by atoms with van der Waals surface area (Å²) in [7, 11) is 1.74. The fourth-order valence-electron chi connectivity index (χ4n) is 3.28. The first-order valence-corrected chi connectivity index (χ1v) is 8.63. The highest BCUT2D eigenvalue weighted by Crippen LogP contribution is 2.38. The van der Waals surface area contributed by atoms with E-state index in [9.17, 15) is 0 Å². The molecule has 1 N–H and O–H groups in total. The summed E-state index contributed by atoms with van der Waals surface area (Å²) >= 11 is 0. The molecule has 1 fully saturated rings. The molecule has 1 saturated carbocycles. The van der Waals surface area contributed by atoms with E-state index in [1.807, 2.05) is 6.07 Å². The van der Waals surface area contributed by atoms with E-state index in [1.165, 1.54) is 50.5 Å². The van der Waals surface area contributed by atoms with Gasteiger partial charge in [-0.1, -0.05) is 44.7 Å². The first kappa shape index (κ1) is 16.4. The molecule has 0 aliphatic heterocycles. The van der Waals surface area contributed by atoms with Crippen molar-refractivity contribution in [3.63, 3.8) is 0 Å². The van der Waals surface area contributed by atoms with E-state index >= 15 is 0 Å². The highest BCUT2D eigenvalue weighted by molar-refractivity contribution is 5.32. The number of rotatable bonds is 9. The molecular formula is C19H31NO. The summed E-state index contributed by atoms with van der Waals surface area (Å²) in [5.74, 6) is 1.69. The van der Waals surface area contributed by atoms with Gasteiger partial charge >= 0.3 is 0 Å². The van der Waals surface area contributed by atoms with E-state index in [-0.39, 0.29) is 0 Å². The molecule has 0 saturated heterocycles. The predicted octanol–water partition coefficient (Wildman–Crippen LogP) is 4.89. The minimum Gasteiger partial charge on any atom is -0.497 e. The molecule has 2 heteroatoms. The Bertz CT molecular complexity index is 412. The molecule has 118 valence electrons. The van der Waals surface area contributed by atoms with E-state index in [4.69, 9.17) is 4.74 Å². The number of benzene rings is 1. The average molecular weight is 289 g/mol. The van der Waals surface area contributed by atoms with Crippen LogP contribution >= 0.6 is 0 Å². The second kappa shape index (κ2) is 8.43. The molecule has 1 aromatic rings. The zero-order valence-electron chi connectivity index (χ0n) is 13.9. The quantitative estimate of drug-likeness (QED) is 0.654. The van der Waals surface area contributed by atoms with Crippen LogP contribution in [0.2, 0.25) is 0 Å². The Hall–Kier alpha value is -1.02. The second-order valence-corrected chi connectivity index (χ2v) is 6.56. The Morgan fingerprint density at radius 2 is 2.05 bits per heavy atom. The normalized spacial score (nSPS) is 22.6. The van der Waals surface area contributed by atoms with E-state index in [0.717, 1.165) is 5.75 Å². The van der Waals surface area contributed by atoms with Crippen molar-refractivity contribution in [2.45, 2.75) is 76.8 Å². The monoisotopic (exact) mass is 289 g/mol. The molecule has 0 radical (unpaired) electrons. The first-order valence-electron chi connectivity index (χ1n) is 8.63. The largest absolute Gasteiger partial charge is 0.497 e. The van der Waals surface area contributed by atoms with Gasteiger partial charge in [-0.15, -0.1) is 0 Å². The topological polar surface area (TPSA) is 21.3 Å². The van der Waals surface area contributed by atoms with Crippen molar-refractivity contribution >= 4 is 0 Å². The lowest BCUT2D eigenvalue weighted by molar-refractivity contribution is 0.262. The SMILES string of the molecule is CCCCCCC(C)NC1CC(c2cccc(OC)c2)C1. The zero-order valence-corrected chi connectivity index (χ0v) is 13.9. The summed E-state index contributed by atoms with van der Waals surface area (Å²) in [5, 5.41) is 3.79. The maximum atomic E-state index is 5.31. The summed E-state index contributed by atoms with van der Waals surface area (Å²) in [4.78, 5) is 0. The van der Waals surface area contributed by atoms with E-state index in [2.05, 4.69) is 37.4 Å². The summed E-state index contributed by atoms with van der Waals surface area (Å²) in [6.07, 6.45) is 9.33. The predicted molar refractivity (Wildman–Crippen MR) is 90.1 cm³/mol. The van der Waals surface area contributed by atoms with Crippen molar-refractivity contribution in [2.24, 2.45) is 0 Å². The fourth-order valence-corrected chi connectivity index (χ4v) is 3.28. The maximum absolute atomic E-state index is 5.31. The summed E-state index contributed by atoms with van der Waals surface area (Å²) in [5.41, 5.74) is 1.43. The number of methoxy groups -OCH3 is 1. The third kappa shape index (κ3) is 5.03. The highest BCUT2D eigenvalue weighted by Gasteiger charge is 2.30.